The summed E-state index contributed by atoms with van der Waals surface area (Å²) in [6, 6.07) is 8.72. The zero-order chi connectivity index (χ0) is 15.1. The Morgan fingerprint density at radius 3 is 2.57 bits per heavy atom. The molecule has 3 aromatic rings. The van der Waals surface area contributed by atoms with Crippen molar-refractivity contribution in [1.29, 1.82) is 0 Å². The Hall–Kier alpha value is -1.66. The summed E-state index contributed by atoms with van der Waals surface area (Å²) in [6.07, 6.45) is 0. The van der Waals surface area contributed by atoms with Crippen LogP contribution in [0.25, 0.3) is 22.3 Å². The van der Waals surface area contributed by atoms with E-state index in [1.807, 2.05) is 0 Å². The number of halogens is 3. The molecule has 0 saturated heterocycles. The molecule has 21 heavy (non-hydrogen) atoms. The zero-order valence-corrected chi connectivity index (χ0v) is 13.5. The molecule has 0 radical (unpaired) electrons. The molecule has 0 unspecified atom stereocenters. The van der Waals surface area contributed by atoms with Crippen molar-refractivity contribution in [3.8, 4) is 17.1 Å². The first-order valence-corrected chi connectivity index (χ1v) is 7.47. The molecule has 1 N–H and O–H groups in total. The number of phenolic OH excluding ortho intramolecular Hbond substituents is 1. The van der Waals surface area contributed by atoms with Crippen molar-refractivity contribution in [1.82, 2.24) is 0 Å². The fraction of sp³-hybridized carbons (Fsp3) is 0. The number of rotatable bonds is 1. The summed E-state index contributed by atoms with van der Waals surface area (Å²) in [7, 11) is 0. The van der Waals surface area contributed by atoms with Crippen molar-refractivity contribution in [2.75, 3.05) is 0 Å². The van der Waals surface area contributed by atoms with E-state index in [-0.39, 0.29) is 37.9 Å². The summed E-state index contributed by atoms with van der Waals surface area (Å²) >= 11 is 6.33. The van der Waals surface area contributed by atoms with Gasteiger partial charge in [-0.2, -0.15) is 0 Å². The van der Waals surface area contributed by atoms with Crippen molar-refractivity contribution in [3.63, 3.8) is 0 Å². The molecule has 0 saturated carbocycles. The Balaban J connectivity index is 2.38. The lowest BCUT2D eigenvalue weighted by Gasteiger charge is -2.07. The van der Waals surface area contributed by atoms with E-state index < -0.39 is 5.82 Å². The van der Waals surface area contributed by atoms with E-state index in [4.69, 9.17) is 4.42 Å². The molecule has 3 rings (SSSR count). The summed E-state index contributed by atoms with van der Waals surface area (Å²) in [5.74, 6) is -0.430. The number of fused-ring (bicyclic) bond motifs is 1. The number of hydrogen-bond acceptors (Lipinski definition) is 3. The molecule has 1 heterocycles. The SMILES string of the molecule is O=c1cc(-c2ccccc2F)oc2cc(Br)c(O)c(Br)c12. The third-order valence-corrected chi connectivity index (χ3v) is 4.40. The zero-order valence-electron chi connectivity index (χ0n) is 10.4. The van der Waals surface area contributed by atoms with E-state index in [1.165, 1.54) is 24.3 Å². The molecule has 106 valence electrons. The van der Waals surface area contributed by atoms with Crippen LogP contribution in [-0.2, 0) is 0 Å². The predicted octanol–water partition coefficient (Wildman–Crippen LogP) is 4.83. The Morgan fingerprint density at radius 1 is 1.14 bits per heavy atom. The van der Waals surface area contributed by atoms with Gasteiger partial charge in [-0.3, -0.25) is 4.79 Å². The normalized spacial score (nSPS) is 11.0. The van der Waals surface area contributed by atoms with Crippen LogP contribution < -0.4 is 5.43 Å². The van der Waals surface area contributed by atoms with Crippen LogP contribution in [0.3, 0.4) is 0 Å². The number of hydrogen-bond donors (Lipinski definition) is 1. The first-order chi connectivity index (χ1) is 9.99. The summed E-state index contributed by atoms with van der Waals surface area (Å²) in [6.45, 7) is 0. The van der Waals surface area contributed by atoms with Crippen LogP contribution in [0.2, 0.25) is 0 Å². The minimum atomic E-state index is -0.475. The maximum atomic E-state index is 13.8. The lowest BCUT2D eigenvalue weighted by Crippen LogP contribution is -2.02. The van der Waals surface area contributed by atoms with Crippen molar-refractivity contribution >= 4 is 42.8 Å². The maximum Gasteiger partial charge on any atom is 0.194 e. The molecule has 0 aliphatic carbocycles. The Labute approximate surface area is 135 Å². The first-order valence-electron chi connectivity index (χ1n) is 5.88. The van der Waals surface area contributed by atoms with Gasteiger partial charge in [0, 0.05) is 6.07 Å². The highest BCUT2D eigenvalue weighted by atomic mass is 79.9. The molecule has 0 bridgehead atoms. The summed E-state index contributed by atoms with van der Waals surface area (Å²) in [5.41, 5.74) is 0.0818. The Bertz CT molecular complexity index is 919. The molecule has 2 aromatic carbocycles. The highest BCUT2D eigenvalue weighted by Gasteiger charge is 2.16. The Kier molecular flexibility index (Phi) is 3.59. The second kappa shape index (κ2) is 5.27. The Morgan fingerprint density at radius 2 is 1.86 bits per heavy atom. The van der Waals surface area contributed by atoms with Crippen molar-refractivity contribution in [2.45, 2.75) is 0 Å². The van der Waals surface area contributed by atoms with Crippen molar-refractivity contribution < 1.29 is 13.9 Å². The van der Waals surface area contributed by atoms with Gasteiger partial charge in [-0.1, -0.05) is 12.1 Å². The van der Waals surface area contributed by atoms with Crippen LogP contribution in [0.5, 0.6) is 5.75 Å². The van der Waals surface area contributed by atoms with Gasteiger partial charge in [0.05, 0.1) is 19.9 Å². The van der Waals surface area contributed by atoms with Gasteiger partial charge in [0.15, 0.2) is 5.43 Å². The molecule has 1 aromatic heterocycles. The predicted molar refractivity (Wildman–Crippen MR) is 84.9 cm³/mol. The standard InChI is InChI=1S/C15H7Br2FO3/c16-8-5-12-13(14(17)15(8)20)10(19)6-11(21-12)7-3-1-2-4-9(7)18/h1-6,20H. The van der Waals surface area contributed by atoms with E-state index in [2.05, 4.69) is 31.9 Å². The maximum absolute atomic E-state index is 13.8. The minimum absolute atomic E-state index is 0.0894. The molecule has 0 aliphatic heterocycles. The molecular weight excluding hydrogens is 407 g/mol. The van der Waals surface area contributed by atoms with E-state index >= 15 is 0 Å². The van der Waals surface area contributed by atoms with Gasteiger partial charge >= 0.3 is 0 Å². The molecule has 6 heteroatoms. The van der Waals surface area contributed by atoms with Crippen LogP contribution in [0.4, 0.5) is 4.39 Å². The fourth-order valence-corrected chi connectivity index (χ4v) is 3.31. The van der Waals surface area contributed by atoms with Crippen LogP contribution in [0.1, 0.15) is 0 Å². The number of phenols is 1. The van der Waals surface area contributed by atoms with Gasteiger partial charge in [-0.05, 0) is 50.1 Å². The largest absolute Gasteiger partial charge is 0.506 e. The van der Waals surface area contributed by atoms with E-state index in [9.17, 15) is 14.3 Å². The van der Waals surface area contributed by atoms with Gasteiger partial charge < -0.3 is 9.52 Å². The summed E-state index contributed by atoms with van der Waals surface area (Å²) in [5, 5.41) is 10.0. The van der Waals surface area contributed by atoms with Crippen molar-refractivity contribution in [3.05, 3.63) is 61.4 Å². The molecule has 0 spiro atoms. The van der Waals surface area contributed by atoms with Crippen LogP contribution >= 0.6 is 31.9 Å². The fourth-order valence-electron chi connectivity index (χ4n) is 2.03. The molecule has 0 aliphatic rings. The lowest BCUT2D eigenvalue weighted by atomic mass is 10.1. The van der Waals surface area contributed by atoms with Gasteiger partial charge in [-0.15, -0.1) is 0 Å². The first kappa shape index (κ1) is 14.3. The van der Waals surface area contributed by atoms with Crippen LogP contribution in [0, 0.1) is 5.82 Å². The number of aromatic hydroxyl groups is 1. The molecular formula is C15H7Br2FO3. The molecule has 0 fully saturated rings. The monoisotopic (exact) mass is 412 g/mol. The third-order valence-electron chi connectivity index (χ3n) is 3.03. The van der Waals surface area contributed by atoms with E-state index in [1.54, 1.807) is 12.1 Å². The second-order valence-electron chi connectivity index (χ2n) is 4.35. The lowest BCUT2D eigenvalue weighted by molar-refractivity contribution is 0.468. The summed E-state index contributed by atoms with van der Waals surface area (Å²) < 4.78 is 20.0. The second-order valence-corrected chi connectivity index (χ2v) is 6.00. The quantitative estimate of drug-likeness (QED) is 0.621. The highest BCUT2D eigenvalue weighted by Crippen LogP contribution is 2.38. The molecule has 0 atom stereocenters. The van der Waals surface area contributed by atoms with Gasteiger partial charge in [0.25, 0.3) is 0 Å². The average molecular weight is 414 g/mol. The molecule has 0 amide bonds. The van der Waals surface area contributed by atoms with Crippen LogP contribution in [0.15, 0.2) is 54.6 Å². The molecule has 3 nitrogen and oxygen atoms in total. The van der Waals surface area contributed by atoms with Gasteiger partial charge in [0.1, 0.15) is 22.9 Å². The van der Waals surface area contributed by atoms with E-state index in [0.717, 1.165) is 0 Å². The summed E-state index contributed by atoms with van der Waals surface area (Å²) in [4.78, 5) is 12.2. The van der Waals surface area contributed by atoms with Gasteiger partial charge in [0.2, 0.25) is 0 Å². The minimum Gasteiger partial charge on any atom is -0.506 e. The average Bonchev–Trinajstić information content (AvgIpc) is 2.44. The topological polar surface area (TPSA) is 50.4 Å². The van der Waals surface area contributed by atoms with Crippen LogP contribution in [-0.4, -0.2) is 5.11 Å². The van der Waals surface area contributed by atoms with Crippen molar-refractivity contribution in [2.24, 2.45) is 0 Å². The number of benzene rings is 2. The van der Waals surface area contributed by atoms with Gasteiger partial charge in [-0.25, -0.2) is 4.39 Å². The third kappa shape index (κ3) is 2.38. The van der Waals surface area contributed by atoms with E-state index in [0.29, 0.717) is 4.47 Å². The smallest absolute Gasteiger partial charge is 0.194 e. The highest BCUT2D eigenvalue weighted by molar-refractivity contribution is 9.11.